The molecule has 0 aromatic heterocycles. The van der Waals surface area contributed by atoms with Crippen LogP contribution in [0.4, 0.5) is 20.6 Å². The molecule has 1 saturated heterocycles. The number of anilines is 2. The van der Waals surface area contributed by atoms with Crippen molar-refractivity contribution in [3.8, 4) is 11.5 Å². The third-order valence-corrected chi connectivity index (χ3v) is 6.10. The summed E-state index contributed by atoms with van der Waals surface area (Å²) in [5.41, 5.74) is 2.29. The van der Waals surface area contributed by atoms with Gasteiger partial charge < -0.3 is 19.3 Å². The van der Waals surface area contributed by atoms with E-state index in [0.717, 1.165) is 29.8 Å². The zero-order valence-electron chi connectivity index (χ0n) is 17.3. The molecular formula is C23H24FN3O4. The van der Waals surface area contributed by atoms with Crippen LogP contribution in [0.15, 0.2) is 36.4 Å². The third-order valence-electron chi connectivity index (χ3n) is 6.10. The van der Waals surface area contributed by atoms with E-state index in [-0.39, 0.29) is 30.3 Å². The van der Waals surface area contributed by atoms with E-state index in [2.05, 4.69) is 0 Å². The van der Waals surface area contributed by atoms with Crippen molar-refractivity contribution in [3.05, 3.63) is 47.8 Å². The largest absolute Gasteiger partial charge is 0.486 e. The van der Waals surface area contributed by atoms with E-state index in [1.165, 1.54) is 12.1 Å². The number of aryl methyl sites for hydroxylation is 1. The zero-order valence-corrected chi connectivity index (χ0v) is 17.3. The fraction of sp³-hybridized carbons (Fsp3) is 0.391. The Balaban J connectivity index is 1.31. The number of benzene rings is 2. The van der Waals surface area contributed by atoms with Gasteiger partial charge in [-0.05, 0) is 55.7 Å². The minimum Gasteiger partial charge on any atom is -0.486 e. The summed E-state index contributed by atoms with van der Waals surface area (Å²) in [6.45, 7) is 3.90. The molecule has 3 heterocycles. The average Bonchev–Trinajstić information content (AvgIpc) is 3.13. The maximum Gasteiger partial charge on any atom is 0.325 e. The summed E-state index contributed by atoms with van der Waals surface area (Å²) >= 11 is 0. The first kappa shape index (κ1) is 19.7. The fourth-order valence-electron chi connectivity index (χ4n) is 4.51. The Morgan fingerprint density at radius 3 is 2.74 bits per heavy atom. The van der Waals surface area contributed by atoms with E-state index in [1.54, 1.807) is 32.9 Å². The number of hydrogen-bond acceptors (Lipinski definition) is 4. The average molecular weight is 425 g/mol. The molecule has 3 aliphatic rings. The molecule has 2 aromatic rings. The zero-order chi connectivity index (χ0) is 21.5. The second-order valence-electron chi connectivity index (χ2n) is 8.11. The highest BCUT2D eigenvalue weighted by Gasteiger charge is 2.35. The Kier molecular flexibility index (Phi) is 4.92. The van der Waals surface area contributed by atoms with Crippen LogP contribution in [-0.2, 0) is 11.2 Å². The van der Waals surface area contributed by atoms with Gasteiger partial charge in [0.2, 0.25) is 5.91 Å². The van der Waals surface area contributed by atoms with Crippen molar-refractivity contribution in [2.45, 2.75) is 25.8 Å². The van der Waals surface area contributed by atoms with Crippen molar-refractivity contribution in [1.29, 1.82) is 0 Å². The van der Waals surface area contributed by atoms with Gasteiger partial charge in [-0.15, -0.1) is 0 Å². The minimum absolute atomic E-state index is 0.00272. The Morgan fingerprint density at radius 1 is 1.10 bits per heavy atom. The van der Waals surface area contributed by atoms with Crippen LogP contribution in [0.1, 0.15) is 18.9 Å². The molecule has 0 spiro atoms. The van der Waals surface area contributed by atoms with Crippen LogP contribution in [0.5, 0.6) is 11.5 Å². The molecule has 7 nitrogen and oxygen atoms in total. The first-order chi connectivity index (χ1) is 15.0. The molecule has 0 N–H and O–H groups in total. The lowest BCUT2D eigenvalue weighted by Crippen LogP contribution is -2.48. The standard InChI is InChI=1S/C23H24FN3O4/c1-15-2-3-16-12-17(24)4-6-19(16)27(15)22(28)14-25-8-9-26(23(25)29)18-5-7-20-21(13-18)31-11-10-30-20/h4-7,12-13,15H,2-3,8-11,14H2,1H3. The summed E-state index contributed by atoms with van der Waals surface area (Å²) in [6, 6.07) is 9.74. The lowest BCUT2D eigenvalue weighted by molar-refractivity contribution is -0.119. The van der Waals surface area contributed by atoms with Crippen LogP contribution in [-0.4, -0.2) is 55.7 Å². The normalized spacial score (nSPS) is 20.1. The van der Waals surface area contributed by atoms with E-state index in [1.807, 2.05) is 13.0 Å². The molecule has 0 radical (unpaired) electrons. The summed E-state index contributed by atoms with van der Waals surface area (Å²) < 4.78 is 24.8. The lowest BCUT2D eigenvalue weighted by Gasteiger charge is -2.36. The van der Waals surface area contributed by atoms with Gasteiger partial charge in [0.15, 0.2) is 11.5 Å². The van der Waals surface area contributed by atoms with Gasteiger partial charge in [-0.1, -0.05) is 0 Å². The van der Waals surface area contributed by atoms with Gasteiger partial charge in [0.05, 0.1) is 0 Å². The number of urea groups is 1. The lowest BCUT2D eigenvalue weighted by atomic mass is 9.96. The van der Waals surface area contributed by atoms with Crippen molar-refractivity contribution < 1.29 is 23.5 Å². The first-order valence-electron chi connectivity index (χ1n) is 10.6. The van der Waals surface area contributed by atoms with Gasteiger partial charge >= 0.3 is 6.03 Å². The van der Waals surface area contributed by atoms with Crippen molar-refractivity contribution in [2.75, 3.05) is 42.6 Å². The number of carbonyl (C=O) groups excluding carboxylic acids is 2. The highest BCUT2D eigenvalue weighted by Crippen LogP contribution is 2.35. The number of rotatable bonds is 3. The summed E-state index contributed by atoms with van der Waals surface area (Å²) in [4.78, 5) is 31.1. The topological polar surface area (TPSA) is 62.3 Å². The molecule has 3 amide bonds. The van der Waals surface area contributed by atoms with Crippen molar-refractivity contribution in [2.24, 2.45) is 0 Å². The molecule has 0 aliphatic carbocycles. The molecule has 1 atom stereocenters. The maximum atomic E-state index is 13.6. The van der Waals surface area contributed by atoms with E-state index < -0.39 is 0 Å². The van der Waals surface area contributed by atoms with E-state index >= 15 is 0 Å². The highest BCUT2D eigenvalue weighted by atomic mass is 19.1. The quantitative estimate of drug-likeness (QED) is 0.758. The van der Waals surface area contributed by atoms with Gasteiger partial charge in [0, 0.05) is 36.6 Å². The number of halogens is 1. The Morgan fingerprint density at radius 2 is 1.90 bits per heavy atom. The number of hydrogen-bond donors (Lipinski definition) is 0. The highest BCUT2D eigenvalue weighted by molar-refractivity contribution is 6.01. The third kappa shape index (κ3) is 3.56. The molecule has 5 rings (SSSR count). The van der Waals surface area contributed by atoms with Crippen LogP contribution in [0.3, 0.4) is 0 Å². The maximum absolute atomic E-state index is 13.6. The molecule has 0 bridgehead atoms. The predicted molar refractivity (Wildman–Crippen MR) is 113 cm³/mol. The van der Waals surface area contributed by atoms with Crippen LogP contribution in [0.2, 0.25) is 0 Å². The Labute approximate surface area is 179 Å². The second-order valence-corrected chi connectivity index (χ2v) is 8.11. The monoisotopic (exact) mass is 425 g/mol. The molecule has 1 unspecified atom stereocenters. The summed E-state index contributed by atoms with van der Waals surface area (Å²) in [7, 11) is 0. The number of amides is 3. The van der Waals surface area contributed by atoms with Gasteiger partial charge in [0.25, 0.3) is 0 Å². The number of nitrogens with zero attached hydrogens (tertiary/aromatic N) is 3. The van der Waals surface area contributed by atoms with E-state index in [9.17, 15) is 14.0 Å². The number of fused-ring (bicyclic) bond motifs is 2. The molecule has 3 aliphatic heterocycles. The van der Waals surface area contributed by atoms with Crippen LogP contribution >= 0.6 is 0 Å². The smallest absolute Gasteiger partial charge is 0.325 e. The molecule has 8 heteroatoms. The molecular weight excluding hydrogens is 401 g/mol. The molecule has 0 saturated carbocycles. The van der Waals surface area contributed by atoms with Gasteiger partial charge in [-0.2, -0.15) is 0 Å². The Hall–Kier alpha value is -3.29. The van der Waals surface area contributed by atoms with Crippen molar-refractivity contribution in [3.63, 3.8) is 0 Å². The molecule has 162 valence electrons. The number of carbonyl (C=O) groups is 2. The van der Waals surface area contributed by atoms with E-state index in [4.69, 9.17) is 9.47 Å². The van der Waals surface area contributed by atoms with Crippen LogP contribution in [0, 0.1) is 5.82 Å². The van der Waals surface area contributed by atoms with Crippen molar-refractivity contribution in [1.82, 2.24) is 4.90 Å². The predicted octanol–water partition coefficient (Wildman–Crippen LogP) is 3.21. The number of ether oxygens (including phenoxy) is 2. The minimum atomic E-state index is -0.300. The molecule has 1 fully saturated rings. The molecule has 2 aromatic carbocycles. The van der Waals surface area contributed by atoms with Crippen molar-refractivity contribution >= 4 is 23.3 Å². The van der Waals surface area contributed by atoms with Gasteiger partial charge in [0.1, 0.15) is 25.6 Å². The van der Waals surface area contributed by atoms with Crippen LogP contribution < -0.4 is 19.3 Å². The summed E-state index contributed by atoms with van der Waals surface area (Å²) in [6.07, 6.45) is 1.50. The summed E-state index contributed by atoms with van der Waals surface area (Å²) in [5.74, 6) is 0.836. The second kappa shape index (κ2) is 7.76. The first-order valence-corrected chi connectivity index (χ1v) is 10.6. The van der Waals surface area contributed by atoms with E-state index in [0.29, 0.717) is 37.8 Å². The SMILES string of the molecule is CC1CCc2cc(F)ccc2N1C(=O)CN1CCN(c2ccc3c(c2)OCCO3)C1=O. The van der Waals surface area contributed by atoms with Gasteiger partial charge in [-0.25, -0.2) is 9.18 Å². The fourth-order valence-corrected chi connectivity index (χ4v) is 4.51. The Bertz CT molecular complexity index is 1040. The van der Waals surface area contributed by atoms with Gasteiger partial charge in [-0.3, -0.25) is 9.69 Å². The molecule has 31 heavy (non-hydrogen) atoms. The van der Waals surface area contributed by atoms with Crippen LogP contribution in [0.25, 0.3) is 0 Å². The summed E-state index contributed by atoms with van der Waals surface area (Å²) in [5, 5.41) is 0.